The van der Waals surface area contributed by atoms with Gasteiger partial charge in [0.05, 0.1) is 12.7 Å². The van der Waals surface area contributed by atoms with E-state index in [1.165, 1.54) is 15.9 Å². The molecule has 0 aliphatic heterocycles. The van der Waals surface area contributed by atoms with Crippen LogP contribution in [0, 0.1) is 0 Å². The van der Waals surface area contributed by atoms with Crippen molar-refractivity contribution in [3.05, 3.63) is 126 Å². The first-order chi connectivity index (χ1) is 20.6. The molecule has 230 valence electrons. The van der Waals surface area contributed by atoms with E-state index in [1.54, 1.807) is 18.2 Å². The molecule has 0 fully saturated rings. The molecule has 4 aromatic rings. The number of hydrogen-bond acceptors (Lipinski definition) is 2. The van der Waals surface area contributed by atoms with Gasteiger partial charge < -0.3 is 23.0 Å². The minimum absolute atomic E-state index is 0. The Bertz CT molecular complexity index is 1240. The van der Waals surface area contributed by atoms with Gasteiger partial charge in [0.1, 0.15) is 29.2 Å². The summed E-state index contributed by atoms with van der Waals surface area (Å²) in [6.07, 6.45) is 1.25. The van der Waals surface area contributed by atoms with Crippen molar-refractivity contribution < 1.29 is 22.0 Å². The number of halogens is 2. The van der Waals surface area contributed by atoms with Gasteiger partial charge in [-0.3, -0.25) is 9.59 Å². The molecule has 2 N–H and O–H groups in total. The van der Waals surface area contributed by atoms with Crippen molar-refractivity contribution in [1.82, 2.24) is 10.6 Å². The Labute approximate surface area is 270 Å². The van der Waals surface area contributed by atoms with Crippen molar-refractivity contribution in [2.24, 2.45) is 0 Å². The van der Waals surface area contributed by atoms with Crippen LogP contribution < -0.4 is 39.0 Å². The van der Waals surface area contributed by atoms with Crippen molar-refractivity contribution in [2.45, 2.75) is 53.0 Å². The third kappa shape index (κ3) is 10.2. The molecule has 0 aliphatic carbocycles. The Balaban J connectivity index is 0.00000177. The zero-order chi connectivity index (χ0) is 30.8. The maximum absolute atomic E-state index is 13.2. The highest BCUT2D eigenvalue weighted by molar-refractivity contribution is 7.95. The van der Waals surface area contributed by atoms with Gasteiger partial charge in [0.25, 0.3) is 5.91 Å². The van der Waals surface area contributed by atoms with E-state index in [9.17, 15) is 9.59 Å². The van der Waals surface area contributed by atoms with Crippen molar-refractivity contribution in [2.75, 3.05) is 12.7 Å². The first-order valence-electron chi connectivity index (χ1n) is 14.9. The van der Waals surface area contributed by atoms with Crippen LogP contribution in [-0.2, 0) is 10.7 Å². The number of alkyl halides is 1. The van der Waals surface area contributed by atoms with Crippen molar-refractivity contribution in [1.29, 1.82) is 0 Å². The van der Waals surface area contributed by atoms with Crippen LogP contribution in [0.25, 0.3) is 0 Å². The first-order valence-corrected chi connectivity index (χ1v) is 17.4. The van der Waals surface area contributed by atoms with Gasteiger partial charge in [0.2, 0.25) is 5.91 Å². The molecule has 4 nitrogen and oxygen atoms in total. The van der Waals surface area contributed by atoms with Gasteiger partial charge in [0, 0.05) is 11.4 Å². The van der Waals surface area contributed by atoms with Crippen molar-refractivity contribution in [3.8, 4) is 0 Å². The number of carbonyl (C=O) groups is 2. The molecule has 0 heterocycles. The van der Waals surface area contributed by atoms with Gasteiger partial charge in [-0.15, -0.1) is 11.6 Å². The van der Waals surface area contributed by atoms with E-state index in [0.717, 1.165) is 11.7 Å². The molecule has 0 spiro atoms. The smallest absolute Gasteiger partial charge is 0.251 e. The summed E-state index contributed by atoms with van der Waals surface area (Å²) in [4.78, 5) is 26.1. The highest BCUT2D eigenvalue weighted by Gasteiger charge is 2.44. The fraction of sp³-hybridized carbons (Fsp3) is 0.278. The third-order valence-electron chi connectivity index (χ3n) is 6.71. The summed E-state index contributed by atoms with van der Waals surface area (Å²) < 4.78 is 0. The number of benzene rings is 4. The van der Waals surface area contributed by atoms with E-state index in [4.69, 9.17) is 11.6 Å². The third-order valence-corrected chi connectivity index (χ3v) is 11.5. The molecule has 0 radical (unpaired) electrons. The van der Waals surface area contributed by atoms with Gasteiger partial charge >= 0.3 is 0 Å². The first kappa shape index (κ1) is 37.9. The van der Waals surface area contributed by atoms with E-state index < -0.39 is 13.3 Å². The molecule has 4 rings (SSSR count). The minimum Gasteiger partial charge on any atom is -1.00 e. The van der Waals surface area contributed by atoms with E-state index in [0.29, 0.717) is 24.4 Å². The highest BCUT2D eigenvalue weighted by atomic mass is 35.5. The molecule has 1 unspecified atom stereocenters. The average molecular weight is 640 g/mol. The predicted octanol–water partition coefficient (Wildman–Crippen LogP) is 4.10. The second kappa shape index (κ2) is 20.7. The lowest BCUT2D eigenvalue weighted by atomic mass is 10.1. The van der Waals surface area contributed by atoms with E-state index in [1.807, 2.05) is 58.9 Å². The summed E-state index contributed by atoms with van der Waals surface area (Å²) in [5.74, 6) is -0.131. The molecule has 1 atom stereocenters. The SMILES string of the molecule is CC.CC.CCC(NC(=O)c1cccc(CCl)c1)C(=O)NCC[P+](c1ccccc1)(c1ccccc1)c1ccccc1.[Cl-]. The van der Waals surface area contributed by atoms with Crippen LogP contribution in [0.15, 0.2) is 115 Å². The fourth-order valence-electron chi connectivity index (χ4n) is 4.74. The van der Waals surface area contributed by atoms with E-state index >= 15 is 0 Å². The number of hydrogen-bond donors (Lipinski definition) is 2. The summed E-state index contributed by atoms with van der Waals surface area (Å²) >= 11 is 5.92. The molecule has 4 aromatic carbocycles. The zero-order valence-corrected chi connectivity index (χ0v) is 28.3. The van der Waals surface area contributed by atoms with Gasteiger partial charge in [-0.1, -0.05) is 101 Å². The van der Waals surface area contributed by atoms with Gasteiger partial charge in [0.15, 0.2) is 0 Å². The molecule has 0 aliphatic rings. The minimum atomic E-state index is -2.05. The fourth-order valence-corrected chi connectivity index (χ4v) is 9.07. The van der Waals surface area contributed by atoms with Crippen LogP contribution in [-0.4, -0.2) is 30.6 Å². The zero-order valence-electron chi connectivity index (χ0n) is 25.9. The maximum atomic E-state index is 13.2. The molecular weight excluding hydrogens is 594 g/mol. The van der Waals surface area contributed by atoms with Crippen LogP contribution >= 0.6 is 18.9 Å². The number of amides is 2. The van der Waals surface area contributed by atoms with Crippen LogP contribution in [0.1, 0.15) is 57.0 Å². The lowest BCUT2D eigenvalue weighted by Gasteiger charge is -2.28. The Morgan fingerprint density at radius 1 is 0.721 bits per heavy atom. The van der Waals surface area contributed by atoms with Gasteiger partial charge in [-0.05, 0) is 60.5 Å². The van der Waals surface area contributed by atoms with Crippen molar-refractivity contribution >= 4 is 46.6 Å². The molecule has 0 aromatic heterocycles. The van der Waals surface area contributed by atoms with Gasteiger partial charge in [-0.25, -0.2) is 0 Å². The lowest BCUT2D eigenvalue weighted by Crippen LogP contribution is -3.00. The van der Waals surface area contributed by atoms with Crippen molar-refractivity contribution in [3.63, 3.8) is 0 Å². The molecule has 0 saturated heterocycles. The Kier molecular flexibility index (Phi) is 18.2. The summed E-state index contributed by atoms with van der Waals surface area (Å²) in [6.45, 7) is 10.4. The molecule has 0 saturated carbocycles. The second-order valence-corrected chi connectivity index (χ2v) is 13.0. The molecule has 43 heavy (non-hydrogen) atoms. The van der Waals surface area contributed by atoms with Crippen LogP contribution in [0.2, 0.25) is 0 Å². The maximum Gasteiger partial charge on any atom is 0.251 e. The topological polar surface area (TPSA) is 58.2 Å². The highest BCUT2D eigenvalue weighted by Crippen LogP contribution is 2.54. The van der Waals surface area contributed by atoms with Crippen LogP contribution in [0.3, 0.4) is 0 Å². The summed E-state index contributed by atoms with van der Waals surface area (Å²) in [6, 6.07) is 38.3. The molecule has 7 heteroatoms. The van der Waals surface area contributed by atoms with Crippen LogP contribution in [0.5, 0.6) is 0 Å². The largest absolute Gasteiger partial charge is 1.00 e. The molecule has 0 bridgehead atoms. The Hall–Kier alpha value is -3.17. The average Bonchev–Trinajstić information content (AvgIpc) is 3.08. The molecular formula is C36H45Cl2N2O2P. The normalized spacial score (nSPS) is 10.8. The molecule has 2 amide bonds. The monoisotopic (exact) mass is 638 g/mol. The standard InChI is InChI=1S/C32H32ClN2O2P.2C2H6.ClH/c1-2-30(35-31(36)26-14-12-13-25(23-26)24-33)32(37)34-21-22-38(27-15-6-3-7-16-27,28-17-8-4-9-18-28)29-19-10-5-11-20-29;2*1-2;/h3-20,23,30H,2,21-22,24H2,1H3,(H-,34,35,36,37);2*1-2H3;1H. The quantitative estimate of drug-likeness (QED) is 0.192. The summed E-state index contributed by atoms with van der Waals surface area (Å²) in [5.41, 5.74) is 1.36. The Morgan fingerprint density at radius 3 is 1.60 bits per heavy atom. The van der Waals surface area contributed by atoms with E-state index in [2.05, 4.69) is 83.4 Å². The van der Waals surface area contributed by atoms with Gasteiger partial charge in [-0.2, -0.15) is 0 Å². The predicted molar refractivity (Wildman–Crippen MR) is 183 cm³/mol. The van der Waals surface area contributed by atoms with Crippen LogP contribution in [0.4, 0.5) is 0 Å². The second-order valence-electron chi connectivity index (χ2n) is 9.10. The number of rotatable bonds is 11. The summed E-state index contributed by atoms with van der Waals surface area (Å²) in [5, 5.41) is 9.83. The Morgan fingerprint density at radius 2 is 1.19 bits per heavy atom. The number of nitrogens with one attached hydrogen (secondary N) is 2. The summed E-state index contributed by atoms with van der Waals surface area (Å²) in [7, 11) is -2.05. The lowest BCUT2D eigenvalue weighted by molar-refractivity contribution is -0.122. The number of carbonyl (C=O) groups excluding carboxylic acids is 2. The van der Waals surface area contributed by atoms with E-state index in [-0.39, 0.29) is 24.2 Å².